The maximum Gasteiger partial charge on any atom is 0.239 e. The van der Waals surface area contributed by atoms with Crippen LogP contribution in [0.4, 0.5) is 5.69 Å². The van der Waals surface area contributed by atoms with Crippen molar-refractivity contribution < 1.29 is 14.3 Å². The van der Waals surface area contributed by atoms with Gasteiger partial charge in [-0.1, -0.05) is 24.3 Å². The summed E-state index contributed by atoms with van der Waals surface area (Å²) in [6, 6.07) is 15.2. The summed E-state index contributed by atoms with van der Waals surface area (Å²) in [6.45, 7) is 4.61. The molecule has 2 N–H and O–H groups in total. The van der Waals surface area contributed by atoms with Crippen molar-refractivity contribution in [1.29, 1.82) is 0 Å². The van der Waals surface area contributed by atoms with E-state index in [-0.39, 0.29) is 18.6 Å². The minimum atomic E-state index is -0.0785. The summed E-state index contributed by atoms with van der Waals surface area (Å²) in [5.41, 5.74) is 1.83. The van der Waals surface area contributed by atoms with E-state index in [0.717, 1.165) is 22.7 Å². The molecular weight excluding hydrogens is 304 g/mol. The third-order valence-corrected chi connectivity index (χ3v) is 3.34. The maximum atomic E-state index is 12.0. The zero-order valence-electron chi connectivity index (χ0n) is 14.3. The van der Waals surface area contributed by atoms with Crippen molar-refractivity contribution in [3.63, 3.8) is 0 Å². The summed E-state index contributed by atoms with van der Waals surface area (Å²) in [5, 5.41) is 6.00. The highest BCUT2D eigenvalue weighted by Crippen LogP contribution is 2.24. The number of ether oxygens (including phenoxy) is 2. The monoisotopic (exact) mass is 328 g/mol. The zero-order valence-corrected chi connectivity index (χ0v) is 14.3. The van der Waals surface area contributed by atoms with Crippen LogP contribution in [-0.2, 0) is 11.3 Å². The lowest BCUT2D eigenvalue weighted by molar-refractivity contribution is -0.119. The number of carbonyl (C=O) groups excluding carboxylic acids is 1. The van der Waals surface area contributed by atoms with Crippen molar-refractivity contribution in [2.75, 3.05) is 19.0 Å². The summed E-state index contributed by atoms with van der Waals surface area (Å²) in [7, 11) is 1.63. The molecule has 1 amide bonds. The molecule has 0 unspecified atom stereocenters. The van der Waals surface area contributed by atoms with Gasteiger partial charge >= 0.3 is 0 Å². The first kappa shape index (κ1) is 17.7. The zero-order chi connectivity index (χ0) is 17.4. The predicted molar refractivity (Wildman–Crippen MR) is 95.5 cm³/mol. The van der Waals surface area contributed by atoms with E-state index in [2.05, 4.69) is 10.6 Å². The normalized spacial score (nSPS) is 10.3. The predicted octanol–water partition coefficient (Wildman–Crippen LogP) is 3.21. The van der Waals surface area contributed by atoms with Gasteiger partial charge in [0.25, 0.3) is 0 Å². The van der Waals surface area contributed by atoms with E-state index in [1.54, 1.807) is 7.11 Å². The molecule has 0 aliphatic heterocycles. The van der Waals surface area contributed by atoms with Gasteiger partial charge in [-0.2, -0.15) is 0 Å². The number of hydrogen-bond donors (Lipinski definition) is 2. The third-order valence-electron chi connectivity index (χ3n) is 3.34. The van der Waals surface area contributed by atoms with Gasteiger partial charge in [-0.25, -0.2) is 0 Å². The Kier molecular flexibility index (Phi) is 6.49. The molecular formula is C19H24N2O3. The molecule has 0 bridgehead atoms. The molecule has 0 aliphatic carbocycles. The standard InChI is InChI=1S/C19H24N2O3/c1-14(2)24-18-7-5-4-6-17(18)20-13-19(22)21-12-15-8-10-16(23-3)11-9-15/h4-11,14,20H,12-13H2,1-3H3,(H,21,22). The first-order chi connectivity index (χ1) is 11.6. The topological polar surface area (TPSA) is 59.6 Å². The Bertz CT molecular complexity index is 654. The van der Waals surface area contributed by atoms with Crippen LogP contribution in [0.15, 0.2) is 48.5 Å². The van der Waals surface area contributed by atoms with E-state index < -0.39 is 0 Å². The summed E-state index contributed by atoms with van der Waals surface area (Å²) in [4.78, 5) is 12.0. The quantitative estimate of drug-likeness (QED) is 0.781. The number of nitrogens with one attached hydrogen (secondary N) is 2. The molecule has 0 saturated heterocycles. The lowest BCUT2D eigenvalue weighted by Crippen LogP contribution is -2.29. The van der Waals surface area contributed by atoms with Crippen molar-refractivity contribution >= 4 is 11.6 Å². The fourth-order valence-electron chi connectivity index (χ4n) is 2.15. The van der Waals surface area contributed by atoms with Crippen molar-refractivity contribution in [2.45, 2.75) is 26.5 Å². The maximum absolute atomic E-state index is 12.0. The van der Waals surface area contributed by atoms with Crippen LogP contribution in [0, 0.1) is 0 Å². The summed E-state index contributed by atoms with van der Waals surface area (Å²) in [6.07, 6.45) is 0.0804. The van der Waals surface area contributed by atoms with Crippen LogP contribution in [0.25, 0.3) is 0 Å². The molecule has 128 valence electrons. The molecule has 5 nitrogen and oxygen atoms in total. The molecule has 2 aromatic carbocycles. The highest BCUT2D eigenvalue weighted by Gasteiger charge is 2.07. The number of hydrogen-bond acceptors (Lipinski definition) is 4. The number of methoxy groups -OCH3 is 1. The van der Waals surface area contributed by atoms with Gasteiger partial charge in [-0.05, 0) is 43.7 Å². The second kappa shape index (κ2) is 8.82. The molecule has 0 radical (unpaired) electrons. The molecule has 0 aliphatic rings. The molecule has 0 spiro atoms. The second-order valence-electron chi connectivity index (χ2n) is 5.64. The Morgan fingerprint density at radius 3 is 2.46 bits per heavy atom. The van der Waals surface area contributed by atoms with Crippen molar-refractivity contribution in [2.24, 2.45) is 0 Å². The number of carbonyl (C=O) groups is 1. The number of benzene rings is 2. The lowest BCUT2D eigenvalue weighted by Gasteiger charge is -2.15. The van der Waals surface area contributed by atoms with Crippen molar-refractivity contribution in [3.8, 4) is 11.5 Å². The highest BCUT2D eigenvalue weighted by atomic mass is 16.5. The molecule has 0 aromatic heterocycles. The number of anilines is 1. The van der Waals surface area contributed by atoms with E-state index in [4.69, 9.17) is 9.47 Å². The largest absolute Gasteiger partial charge is 0.497 e. The van der Waals surface area contributed by atoms with Gasteiger partial charge in [0.1, 0.15) is 11.5 Å². The Balaban J connectivity index is 1.82. The smallest absolute Gasteiger partial charge is 0.239 e. The Hall–Kier alpha value is -2.69. The van der Waals surface area contributed by atoms with E-state index in [1.807, 2.05) is 62.4 Å². The fourth-order valence-corrected chi connectivity index (χ4v) is 2.15. The van der Waals surface area contributed by atoms with Gasteiger partial charge in [0.15, 0.2) is 0 Å². The van der Waals surface area contributed by atoms with Crippen LogP contribution in [-0.4, -0.2) is 25.7 Å². The fraction of sp³-hybridized carbons (Fsp3) is 0.316. The van der Waals surface area contributed by atoms with Gasteiger partial charge in [0.2, 0.25) is 5.91 Å². The Morgan fingerprint density at radius 1 is 1.08 bits per heavy atom. The summed E-state index contributed by atoms with van der Waals surface area (Å²) < 4.78 is 10.8. The van der Waals surface area contributed by atoms with Gasteiger partial charge in [-0.15, -0.1) is 0 Å². The average molecular weight is 328 g/mol. The number of rotatable bonds is 8. The number of amides is 1. The van der Waals surface area contributed by atoms with Crippen LogP contribution in [0.5, 0.6) is 11.5 Å². The van der Waals surface area contributed by atoms with E-state index >= 15 is 0 Å². The Labute approximate surface area is 143 Å². The summed E-state index contributed by atoms with van der Waals surface area (Å²) >= 11 is 0. The lowest BCUT2D eigenvalue weighted by atomic mass is 10.2. The molecule has 24 heavy (non-hydrogen) atoms. The van der Waals surface area contributed by atoms with E-state index in [1.165, 1.54) is 0 Å². The van der Waals surface area contributed by atoms with Crippen molar-refractivity contribution in [3.05, 3.63) is 54.1 Å². The van der Waals surface area contributed by atoms with Gasteiger partial charge in [0, 0.05) is 6.54 Å². The van der Waals surface area contributed by atoms with Gasteiger partial charge < -0.3 is 20.1 Å². The minimum Gasteiger partial charge on any atom is -0.497 e. The van der Waals surface area contributed by atoms with Gasteiger partial charge in [-0.3, -0.25) is 4.79 Å². The highest BCUT2D eigenvalue weighted by molar-refractivity contribution is 5.81. The molecule has 2 aromatic rings. The average Bonchev–Trinajstić information content (AvgIpc) is 2.59. The van der Waals surface area contributed by atoms with E-state index in [9.17, 15) is 4.79 Å². The first-order valence-electron chi connectivity index (χ1n) is 7.97. The minimum absolute atomic E-state index is 0.0785. The van der Waals surface area contributed by atoms with Crippen LogP contribution in [0.3, 0.4) is 0 Å². The first-order valence-corrected chi connectivity index (χ1v) is 7.97. The molecule has 2 rings (SSSR count). The van der Waals surface area contributed by atoms with Crippen LogP contribution < -0.4 is 20.1 Å². The molecule has 0 fully saturated rings. The van der Waals surface area contributed by atoms with Gasteiger partial charge in [0.05, 0.1) is 25.4 Å². The molecule has 5 heteroatoms. The SMILES string of the molecule is COc1ccc(CNC(=O)CNc2ccccc2OC(C)C)cc1. The second-order valence-corrected chi connectivity index (χ2v) is 5.64. The molecule has 0 saturated carbocycles. The molecule has 0 atom stereocenters. The third kappa shape index (κ3) is 5.50. The van der Waals surface area contributed by atoms with E-state index in [0.29, 0.717) is 6.54 Å². The Morgan fingerprint density at radius 2 is 1.79 bits per heavy atom. The number of para-hydroxylation sites is 2. The van der Waals surface area contributed by atoms with Crippen LogP contribution in [0.1, 0.15) is 19.4 Å². The van der Waals surface area contributed by atoms with Crippen LogP contribution >= 0.6 is 0 Å². The summed E-state index contributed by atoms with van der Waals surface area (Å²) in [5.74, 6) is 1.47. The van der Waals surface area contributed by atoms with Crippen molar-refractivity contribution in [1.82, 2.24) is 5.32 Å². The molecule has 0 heterocycles. The van der Waals surface area contributed by atoms with Crippen LogP contribution in [0.2, 0.25) is 0 Å².